The number of nitrogens with zero attached hydrogens (tertiary/aromatic N) is 5. The van der Waals surface area contributed by atoms with Gasteiger partial charge < -0.3 is 9.47 Å². The standard InChI is InChI=1S/C17H19N5O2/c1-11-18-19-14(20(11)3)12-6-4-7-13(10-12)22-15(23)17(2)8-5-9-21(17)16(22)24/h4,6-7,10H,5,8-9H2,1-3H3/t17-/m0/s1. The fourth-order valence-electron chi connectivity index (χ4n) is 3.61. The van der Waals surface area contributed by atoms with Crippen molar-refractivity contribution in [2.45, 2.75) is 32.2 Å². The first-order valence-corrected chi connectivity index (χ1v) is 8.06. The van der Waals surface area contributed by atoms with Gasteiger partial charge in [0.25, 0.3) is 5.91 Å². The number of imide groups is 1. The van der Waals surface area contributed by atoms with Crippen LogP contribution < -0.4 is 4.90 Å². The lowest BCUT2D eigenvalue weighted by molar-refractivity contribution is -0.123. The van der Waals surface area contributed by atoms with Gasteiger partial charge in [0.05, 0.1) is 5.69 Å². The minimum absolute atomic E-state index is 0.142. The fourth-order valence-corrected chi connectivity index (χ4v) is 3.61. The van der Waals surface area contributed by atoms with Crippen molar-refractivity contribution in [2.24, 2.45) is 7.05 Å². The summed E-state index contributed by atoms with van der Waals surface area (Å²) in [4.78, 5) is 28.6. The zero-order valence-electron chi connectivity index (χ0n) is 14.0. The smallest absolute Gasteiger partial charge is 0.314 e. The van der Waals surface area contributed by atoms with Crippen molar-refractivity contribution in [1.82, 2.24) is 19.7 Å². The Bertz CT molecular complexity index is 858. The van der Waals surface area contributed by atoms with Gasteiger partial charge in [-0.3, -0.25) is 4.79 Å². The van der Waals surface area contributed by atoms with Crippen LogP contribution in [0.2, 0.25) is 0 Å². The predicted molar refractivity (Wildman–Crippen MR) is 88.4 cm³/mol. The number of fused-ring (bicyclic) bond motifs is 1. The number of benzene rings is 1. The molecule has 0 aliphatic carbocycles. The fraction of sp³-hybridized carbons (Fsp3) is 0.412. The summed E-state index contributed by atoms with van der Waals surface area (Å²) in [6.45, 7) is 4.37. The van der Waals surface area contributed by atoms with Crippen LogP contribution in [0.4, 0.5) is 10.5 Å². The highest BCUT2D eigenvalue weighted by molar-refractivity contribution is 6.23. The lowest BCUT2D eigenvalue weighted by Crippen LogP contribution is -2.41. The third-order valence-corrected chi connectivity index (χ3v) is 5.18. The zero-order valence-corrected chi connectivity index (χ0v) is 14.0. The summed E-state index contributed by atoms with van der Waals surface area (Å²) >= 11 is 0. The largest absolute Gasteiger partial charge is 0.332 e. The summed E-state index contributed by atoms with van der Waals surface area (Å²) in [5.74, 6) is 1.37. The van der Waals surface area contributed by atoms with Gasteiger partial charge in [0.15, 0.2) is 5.82 Å². The molecule has 1 atom stereocenters. The van der Waals surface area contributed by atoms with E-state index in [1.165, 1.54) is 4.90 Å². The van der Waals surface area contributed by atoms with Gasteiger partial charge >= 0.3 is 6.03 Å². The molecule has 2 aliphatic rings. The van der Waals surface area contributed by atoms with E-state index in [-0.39, 0.29) is 11.9 Å². The topological polar surface area (TPSA) is 71.3 Å². The van der Waals surface area contributed by atoms with E-state index in [0.29, 0.717) is 18.1 Å². The summed E-state index contributed by atoms with van der Waals surface area (Å²) in [5, 5.41) is 8.24. The molecule has 3 amide bonds. The molecule has 7 heteroatoms. The van der Waals surface area contributed by atoms with Crippen LogP contribution in [0.25, 0.3) is 11.4 Å². The average molecular weight is 325 g/mol. The van der Waals surface area contributed by atoms with Crippen molar-refractivity contribution < 1.29 is 9.59 Å². The number of hydrogen-bond acceptors (Lipinski definition) is 4. The molecule has 3 heterocycles. The first-order valence-electron chi connectivity index (χ1n) is 8.06. The summed E-state index contributed by atoms with van der Waals surface area (Å²) in [6.07, 6.45) is 1.59. The van der Waals surface area contributed by atoms with Crippen LogP contribution in [0.3, 0.4) is 0 Å². The van der Waals surface area contributed by atoms with Gasteiger partial charge in [-0.25, -0.2) is 9.69 Å². The van der Waals surface area contributed by atoms with E-state index < -0.39 is 5.54 Å². The van der Waals surface area contributed by atoms with Gasteiger partial charge in [-0.05, 0) is 38.8 Å². The number of hydrogen-bond donors (Lipinski definition) is 0. The van der Waals surface area contributed by atoms with Gasteiger partial charge in [-0.2, -0.15) is 0 Å². The van der Waals surface area contributed by atoms with Crippen LogP contribution in [0.1, 0.15) is 25.6 Å². The Kier molecular flexibility index (Phi) is 3.03. The van der Waals surface area contributed by atoms with E-state index in [4.69, 9.17) is 0 Å². The maximum atomic E-state index is 12.9. The summed E-state index contributed by atoms with van der Waals surface area (Å²) < 4.78 is 1.88. The first kappa shape index (κ1) is 14.9. The molecule has 0 bridgehead atoms. The maximum absolute atomic E-state index is 12.9. The molecular weight excluding hydrogens is 306 g/mol. The predicted octanol–water partition coefficient (Wildman–Crippen LogP) is 2.11. The van der Waals surface area contributed by atoms with Crippen LogP contribution >= 0.6 is 0 Å². The molecule has 2 saturated heterocycles. The van der Waals surface area contributed by atoms with Crippen molar-refractivity contribution in [1.29, 1.82) is 0 Å². The second-order valence-corrected chi connectivity index (χ2v) is 6.63. The number of aromatic nitrogens is 3. The highest BCUT2D eigenvalue weighted by Crippen LogP contribution is 2.40. The molecule has 2 fully saturated rings. The Morgan fingerprint density at radius 2 is 2.00 bits per heavy atom. The zero-order chi connectivity index (χ0) is 17.1. The molecule has 1 aromatic heterocycles. The van der Waals surface area contributed by atoms with E-state index in [1.807, 2.05) is 43.7 Å². The molecule has 0 saturated carbocycles. The number of carbonyl (C=O) groups excluding carboxylic acids is 2. The minimum Gasteiger partial charge on any atom is -0.314 e. The Morgan fingerprint density at radius 3 is 2.67 bits per heavy atom. The van der Waals surface area contributed by atoms with Crippen molar-refractivity contribution in [3.05, 3.63) is 30.1 Å². The Labute approximate surface area is 139 Å². The number of anilines is 1. The highest BCUT2D eigenvalue weighted by atomic mass is 16.2. The Balaban J connectivity index is 1.76. The summed E-state index contributed by atoms with van der Waals surface area (Å²) in [5.41, 5.74) is 0.709. The summed E-state index contributed by atoms with van der Waals surface area (Å²) in [6, 6.07) is 7.12. The number of rotatable bonds is 2. The van der Waals surface area contributed by atoms with Crippen molar-refractivity contribution >= 4 is 17.6 Å². The average Bonchev–Trinajstić information content (AvgIpc) is 3.17. The molecule has 1 aromatic carbocycles. The molecule has 0 radical (unpaired) electrons. The number of urea groups is 1. The third kappa shape index (κ3) is 1.84. The lowest BCUT2D eigenvalue weighted by atomic mass is 9.99. The normalized spacial score (nSPS) is 23.3. The molecule has 0 unspecified atom stereocenters. The van der Waals surface area contributed by atoms with E-state index >= 15 is 0 Å². The SMILES string of the molecule is Cc1nnc(-c2cccc(N3C(=O)N4CCC[C@@]4(C)C3=O)c2)n1C. The second kappa shape index (κ2) is 4.90. The molecule has 7 nitrogen and oxygen atoms in total. The van der Waals surface area contributed by atoms with E-state index in [0.717, 1.165) is 24.2 Å². The number of carbonyl (C=O) groups is 2. The van der Waals surface area contributed by atoms with E-state index in [1.54, 1.807) is 11.0 Å². The monoisotopic (exact) mass is 325 g/mol. The van der Waals surface area contributed by atoms with E-state index in [2.05, 4.69) is 10.2 Å². The maximum Gasteiger partial charge on any atom is 0.332 e. The van der Waals surface area contributed by atoms with Gasteiger partial charge in [0.2, 0.25) is 0 Å². The van der Waals surface area contributed by atoms with Crippen molar-refractivity contribution in [3.8, 4) is 11.4 Å². The molecule has 2 aromatic rings. The highest BCUT2D eigenvalue weighted by Gasteiger charge is 2.56. The first-order chi connectivity index (χ1) is 11.4. The van der Waals surface area contributed by atoms with Crippen LogP contribution in [0.15, 0.2) is 24.3 Å². The van der Waals surface area contributed by atoms with Gasteiger partial charge in [-0.15, -0.1) is 10.2 Å². The van der Waals surface area contributed by atoms with Gasteiger partial charge in [0, 0.05) is 19.2 Å². The molecular formula is C17H19N5O2. The lowest BCUT2D eigenvalue weighted by Gasteiger charge is -2.22. The summed E-state index contributed by atoms with van der Waals surface area (Å²) in [7, 11) is 1.89. The van der Waals surface area contributed by atoms with Gasteiger partial charge in [-0.1, -0.05) is 12.1 Å². The van der Waals surface area contributed by atoms with Crippen molar-refractivity contribution in [3.63, 3.8) is 0 Å². The number of amides is 3. The molecule has 124 valence electrons. The van der Waals surface area contributed by atoms with Crippen LogP contribution in [-0.2, 0) is 11.8 Å². The molecule has 0 N–H and O–H groups in total. The third-order valence-electron chi connectivity index (χ3n) is 5.18. The number of aryl methyl sites for hydroxylation is 1. The Morgan fingerprint density at radius 1 is 1.21 bits per heavy atom. The molecule has 2 aliphatic heterocycles. The van der Waals surface area contributed by atoms with E-state index in [9.17, 15) is 9.59 Å². The quantitative estimate of drug-likeness (QED) is 0.793. The van der Waals surface area contributed by atoms with Crippen LogP contribution in [0, 0.1) is 6.92 Å². The minimum atomic E-state index is -0.700. The van der Waals surface area contributed by atoms with Gasteiger partial charge in [0.1, 0.15) is 11.4 Å². The van der Waals surface area contributed by atoms with Crippen LogP contribution in [0.5, 0.6) is 0 Å². The van der Waals surface area contributed by atoms with Crippen LogP contribution in [-0.4, -0.2) is 43.7 Å². The molecule has 24 heavy (non-hydrogen) atoms. The second-order valence-electron chi connectivity index (χ2n) is 6.63. The molecule has 4 rings (SSSR count). The van der Waals surface area contributed by atoms with Crippen molar-refractivity contribution in [2.75, 3.05) is 11.4 Å². The molecule has 0 spiro atoms. The Hall–Kier alpha value is -2.70.